The van der Waals surface area contributed by atoms with Gasteiger partial charge in [0.1, 0.15) is 5.60 Å². The van der Waals surface area contributed by atoms with Crippen LogP contribution in [0.25, 0.3) is 0 Å². The van der Waals surface area contributed by atoms with Crippen molar-refractivity contribution in [2.24, 2.45) is 11.8 Å². The normalized spacial score (nSPS) is 52.2. The van der Waals surface area contributed by atoms with Crippen molar-refractivity contribution in [3.63, 3.8) is 0 Å². The lowest BCUT2D eigenvalue weighted by Gasteiger charge is -2.29. The summed E-state index contributed by atoms with van der Waals surface area (Å²) in [6, 6.07) is 0. The highest BCUT2D eigenvalue weighted by Gasteiger charge is 2.61. The largest absolute Gasteiger partial charge is 0.390 e. The Hall–Kier alpha value is -0.0800. The molecule has 2 nitrogen and oxygen atoms in total. The predicted molar refractivity (Wildman–Crippen MR) is 46.8 cm³/mol. The molecule has 0 aromatic rings. The van der Waals surface area contributed by atoms with Gasteiger partial charge in [0.15, 0.2) is 0 Å². The fourth-order valence-corrected chi connectivity index (χ4v) is 2.28. The fourth-order valence-electron chi connectivity index (χ4n) is 2.28. The summed E-state index contributed by atoms with van der Waals surface area (Å²) in [5.41, 5.74) is -0.175. The van der Waals surface area contributed by atoms with Gasteiger partial charge in [0.2, 0.25) is 0 Å². The van der Waals surface area contributed by atoms with Gasteiger partial charge in [-0.3, -0.25) is 0 Å². The fraction of sp³-hybridized carbons (Fsp3) is 1.00. The van der Waals surface area contributed by atoms with E-state index in [0.717, 1.165) is 12.8 Å². The Balaban J connectivity index is 2.02. The molecule has 2 unspecified atom stereocenters. The maximum atomic E-state index is 9.77. The van der Waals surface area contributed by atoms with Gasteiger partial charge < -0.3 is 9.84 Å². The van der Waals surface area contributed by atoms with Crippen molar-refractivity contribution < 1.29 is 9.84 Å². The number of fused-ring (bicyclic) bond motifs is 1. The molecule has 1 aliphatic heterocycles. The minimum atomic E-state index is -0.233. The summed E-state index contributed by atoms with van der Waals surface area (Å²) < 4.78 is 5.51. The Morgan fingerprint density at radius 3 is 2.58 bits per heavy atom. The van der Waals surface area contributed by atoms with Crippen molar-refractivity contribution in [2.45, 2.75) is 51.4 Å². The summed E-state index contributed by atoms with van der Waals surface area (Å²) in [6.07, 6.45) is 2.17. The third-order valence-electron chi connectivity index (χ3n) is 3.63. The molecule has 0 radical (unpaired) electrons. The number of ether oxygens (including phenoxy) is 1. The molecule has 2 fully saturated rings. The third kappa shape index (κ3) is 1.09. The lowest BCUT2D eigenvalue weighted by Crippen LogP contribution is -2.37. The lowest BCUT2D eigenvalue weighted by molar-refractivity contribution is 0.0509. The number of hydrogen-bond donors (Lipinski definition) is 1. The first-order chi connectivity index (χ1) is 5.54. The molecule has 0 spiro atoms. The average Bonchev–Trinajstić information content (AvgIpc) is 2.62. The second-order valence-corrected chi connectivity index (χ2v) is 4.78. The van der Waals surface area contributed by atoms with Gasteiger partial charge in [0.25, 0.3) is 0 Å². The maximum absolute atomic E-state index is 9.77. The molecule has 1 aliphatic carbocycles. The number of rotatable bonds is 1. The molecule has 2 rings (SSSR count). The van der Waals surface area contributed by atoms with E-state index in [9.17, 15) is 5.11 Å². The van der Waals surface area contributed by atoms with Crippen LogP contribution in [0, 0.1) is 11.8 Å². The van der Waals surface area contributed by atoms with Gasteiger partial charge in [0, 0.05) is 0 Å². The topological polar surface area (TPSA) is 32.8 Å². The van der Waals surface area contributed by atoms with E-state index in [0.29, 0.717) is 17.9 Å². The summed E-state index contributed by atoms with van der Waals surface area (Å²) in [6.45, 7) is 6.48. The summed E-state index contributed by atoms with van der Waals surface area (Å²) in [5, 5.41) is 9.77. The molecular formula is C10H18O2. The van der Waals surface area contributed by atoms with Crippen molar-refractivity contribution >= 4 is 0 Å². The zero-order valence-corrected chi connectivity index (χ0v) is 8.08. The number of epoxide rings is 1. The van der Waals surface area contributed by atoms with E-state index in [-0.39, 0.29) is 11.7 Å². The van der Waals surface area contributed by atoms with Crippen molar-refractivity contribution in [3.05, 3.63) is 0 Å². The van der Waals surface area contributed by atoms with Crippen LogP contribution < -0.4 is 0 Å². The van der Waals surface area contributed by atoms with E-state index < -0.39 is 0 Å². The minimum Gasteiger partial charge on any atom is -0.390 e. The molecule has 0 aromatic carbocycles. The molecule has 70 valence electrons. The zero-order valence-electron chi connectivity index (χ0n) is 8.08. The Morgan fingerprint density at radius 1 is 1.42 bits per heavy atom. The molecule has 1 saturated heterocycles. The smallest absolute Gasteiger partial charge is 0.118 e. The van der Waals surface area contributed by atoms with Crippen LogP contribution in [0.4, 0.5) is 0 Å². The van der Waals surface area contributed by atoms with Crippen LogP contribution in [-0.4, -0.2) is 22.9 Å². The van der Waals surface area contributed by atoms with E-state index in [1.165, 1.54) is 0 Å². The molecule has 2 aliphatic rings. The molecule has 4 atom stereocenters. The Labute approximate surface area is 73.9 Å². The number of aliphatic hydroxyl groups is 1. The quantitative estimate of drug-likeness (QED) is 0.606. The van der Waals surface area contributed by atoms with Gasteiger partial charge in [-0.05, 0) is 31.6 Å². The summed E-state index contributed by atoms with van der Waals surface area (Å²) in [4.78, 5) is 0. The molecule has 12 heavy (non-hydrogen) atoms. The summed E-state index contributed by atoms with van der Waals surface area (Å²) >= 11 is 0. The SMILES string of the molecule is CC(C)[C@H]1CC(O)[C@@]2(C)OC2C1. The van der Waals surface area contributed by atoms with Crippen molar-refractivity contribution in [1.29, 1.82) is 0 Å². The number of aliphatic hydroxyl groups excluding tert-OH is 1. The summed E-state index contributed by atoms with van der Waals surface area (Å²) in [7, 11) is 0. The molecule has 1 N–H and O–H groups in total. The van der Waals surface area contributed by atoms with Crippen LogP contribution in [0.1, 0.15) is 33.6 Å². The Bertz CT molecular complexity index is 190. The highest BCUT2D eigenvalue weighted by atomic mass is 16.6. The molecule has 0 bridgehead atoms. The first-order valence-corrected chi connectivity index (χ1v) is 4.90. The van der Waals surface area contributed by atoms with E-state index in [1.54, 1.807) is 0 Å². The van der Waals surface area contributed by atoms with Gasteiger partial charge in [-0.2, -0.15) is 0 Å². The highest BCUT2D eigenvalue weighted by Crippen LogP contribution is 2.50. The first kappa shape index (κ1) is 8.52. The summed E-state index contributed by atoms with van der Waals surface area (Å²) in [5.74, 6) is 1.33. The van der Waals surface area contributed by atoms with E-state index in [2.05, 4.69) is 13.8 Å². The van der Waals surface area contributed by atoms with Gasteiger partial charge in [-0.15, -0.1) is 0 Å². The first-order valence-electron chi connectivity index (χ1n) is 4.90. The second kappa shape index (κ2) is 2.46. The number of hydrogen-bond acceptors (Lipinski definition) is 2. The molecule has 0 amide bonds. The Kier molecular flexibility index (Phi) is 1.74. The highest BCUT2D eigenvalue weighted by molar-refractivity contribution is 5.09. The average molecular weight is 170 g/mol. The van der Waals surface area contributed by atoms with Crippen molar-refractivity contribution in [1.82, 2.24) is 0 Å². The van der Waals surface area contributed by atoms with Crippen molar-refractivity contribution in [3.8, 4) is 0 Å². The minimum absolute atomic E-state index is 0.175. The van der Waals surface area contributed by atoms with Crippen LogP contribution in [-0.2, 0) is 4.74 Å². The van der Waals surface area contributed by atoms with Gasteiger partial charge in [-0.1, -0.05) is 13.8 Å². The third-order valence-corrected chi connectivity index (χ3v) is 3.63. The molecular weight excluding hydrogens is 152 g/mol. The molecule has 0 aromatic heterocycles. The van der Waals surface area contributed by atoms with Crippen LogP contribution in [0.5, 0.6) is 0 Å². The van der Waals surface area contributed by atoms with E-state index in [4.69, 9.17) is 4.74 Å². The maximum Gasteiger partial charge on any atom is 0.118 e. The van der Waals surface area contributed by atoms with Gasteiger partial charge in [-0.25, -0.2) is 0 Å². The second-order valence-electron chi connectivity index (χ2n) is 4.78. The van der Waals surface area contributed by atoms with Crippen LogP contribution in [0.2, 0.25) is 0 Å². The van der Waals surface area contributed by atoms with E-state index in [1.807, 2.05) is 6.92 Å². The van der Waals surface area contributed by atoms with Crippen molar-refractivity contribution in [2.75, 3.05) is 0 Å². The zero-order chi connectivity index (χ0) is 8.93. The molecule has 1 saturated carbocycles. The lowest BCUT2D eigenvalue weighted by atomic mass is 9.76. The van der Waals surface area contributed by atoms with Gasteiger partial charge in [0.05, 0.1) is 12.2 Å². The monoisotopic (exact) mass is 170 g/mol. The van der Waals surface area contributed by atoms with Gasteiger partial charge >= 0.3 is 0 Å². The van der Waals surface area contributed by atoms with E-state index >= 15 is 0 Å². The Morgan fingerprint density at radius 2 is 2.08 bits per heavy atom. The standard InChI is InChI=1S/C10H18O2/c1-6(2)7-4-8(11)10(3)9(5-7)12-10/h6-9,11H,4-5H2,1-3H3/t7-,8?,9?,10+/m0/s1. The van der Waals surface area contributed by atoms with Crippen LogP contribution in [0.15, 0.2) is 0 Å². The van der Waals surface area contributed by atoms with Crippen LogP contribution >= 0.6 is 0 Å². The van der Waals surface area contributed by atoms with Crippen LogP contribution in [0.3, 0.4) is 0 Å². The molecule has 2 heteroatoms. The molecule has 1 heterocycles. The predicted octanol–water partition coefficient (Wildman–Crippen LogP) is 1.57.